The van der Waals surface area contributed by atoms with Gasteiger partial charge in [0.15, 0.2) is 0 Å². The normalized spacial score (nSPS) is 22.6. The number of amides is 2. The van der Waals surface area contributed by atoms with Crippen molar-refractivity contribution in [3.63, 3.8) is 0 Å². The van der Waals surface area contributed by atoms with Crippen molar-refractivity contribution in [1.29, 1.82) is 0 Å². The molecule has 4 heterocycles. The molecular formula is C19H24N6O2. The maximum absolute atomic E-state index is 13.0. The highest BCUT2D eigenvalue weighted by atomic mass is 16.2. The molecule has 2 saturated heterocycles. The zero-order valence-corrected chi connectivity index (χ0v) is 15.5. The number of pyridine rings is 1. The van der Waals surface area contributed by atoms with Crippen LogP contribution in [0.3, 0.4) is 0 Å². The quantitative estimate of drug-likeness (QED) is 0.817. The third kappa shape index (κ3) is 3.20. The highest BCUT2D eigenvalue weighted by Crippen LogP contribution is 2.40. The predicted octanol–water partition coefficient (Wildman–Crippen LogP) is 1.53. The van der Waals surface area contributed by atoms with Crippen molar-refractivity contribution < 1.29 is 9.59 Å². The summed E-state index contributed by atoms with van der Waals surface area (Å²) >= 11 is 0. The van der Waals surface area contributed by atoms with E-state index in [1.807, 2.05) is 9.80 Å². The lowest BCUT2D eigenvalue weighted by molar-refractivity contribution is -0.145. The number of hydrogen-bond donors (Lipinski definition) is 0. The minimum Gasteiger partial charge on any atom is -0.342 e. The van der Waals surface area contributed by atoms with Crippen LogP contribution < -0.4 is 0 Å². The molecule has 1 atom stereocenters. The molecule has 0 aromatic carbocycles. The van der Waals surface area contributed by atoms with Crippen LogP contribution in [0.15, 0.2) is 31.0 Å². The van der Waals surface area contributed by atoms with Crippen LogP contribution in [-0.4, -0.2) is 67.5 Å². The molecule has 1 spiro atoms. The predicted molar refractivity (Wildman–Crippen MR) is 98.2 cm³/mol. The second kappa shape index (κ2) is 7.09. The smallest absolute Gasteiger partial charge is 0.255 e. The fourth-order valence-corrected chi connectivity index (χ4v) is 4.23. The maximum atomic E-state index is 13.0. The summed E-state index contributed by atoms with van der Waals surface area (Å²) in [6.45, 7) is 4.88. The lowest BCUT2D eigenvalue weighted by Crippen LogP contribution is -2.50. The van der Waals surface area contributed by atoms with E-state index in [-0.39, 0.29) is 17.2 Å². The molecule has 0 N–H and O–H groups in total. The Labute approximate surface area is 158 Å². The van der Waals surface area contributed by atoms with Crippen molar-refractivity contribution in [2.45, 2.75) is 32.6 Å². The zero-order chi connectivity index (χ0) is 18.9. The van der Waals surface area contributed by atoms with Gasteiger partial charge in [0, 0.05) is 32.4 Å². The van der Waals surface area contributed by atoms with Crippen LogP contribution in [0.25, 0.3) is 5.82 Å². The maximum Gasteiger partial charge on any atom is 0.255 e. The van der Waals surface area contributed by atoms with Crippen molar-refractivity contribution in [2.75, 3.05) is 26.2 Å². The van der Waals surface area contributed by atoms with Crippen LogP contribution in [0.5, 0.6) is 0 Å². The fraction of sp³-hybridized carbons (Fsp3) is 0.526. The van der Waals surface area contributed by atoms with Gasteiger partial charge >= 0.3 is 0 Å². The topological polar surface area (TPSA) is 84.2 Å². The zero-order valence-electron chi connectivity index (χ0n) is 15.5. The molecule has 2 aliphatic heterocycles. The van der Waals surface area contributed by atoms with E-state index in [0.29, 0.717) is 24.5 Å². The van der Waals surface area contributed by atoms with E-state index in [2.05, 4.69) is 22.1 Å². The summed E-state index contributed by atoms with van der Waals surface area (Å²) < 4.78 is 1.68. The summed E-state index contributed by atoms with van der Waals surface area (Å²) in [4.78, 5) is 34.0. The summed E-state index contributed by atoms with van der Waals surface area (Å²) in [7, 11) is 0. The number of carbonyl (C=O) groups excluding carboxylic acids is 2. The van der Waals surface area contributed by atoms with Gasteiger partial charge in [-0.25, -0.2) is 4.98 Å². The average Bonchev–Trinajstić information content (AvgIpc) is 3.37. The Bertz CT molecular complexity index is 817. The van der Waals surface area contributed by atoms with E-state index in [1.165, 1.54) is 0 Å². The molecule has 2 fully saturated rings. The number of carbonyl (C=O) groups is 2. The number of hydrogen-bond acceptors (Lipinski definition) is 5. The molecule has 2 aliphatic rings. The number of nitrogens with zero attached hydrogens (tertiary/aromatic N) is 6. The van der Waals surface area contributed by atoms with Crippen LogP contribution in [0, 0.1) is 5.41 Å². The fourth-order valence-electron chi connectivity index (χ4n) is 4.23. The molecule has 4 rings (SSSR count). The third-order valence-corrected chi connectivity index (χ3v) is 5.64. The number of piperidine rings is 1. The summed E-state index contributed by atoms with van der Waals surface area (Å²) in [5.74, 6) is 0.828. The van der Waals surface area contributed by atoms with Gasteiger partial charge in [0.05, 0.1) is 11.0 Å². The van der Waals surface area contributed by atoms with Crippen molar-refractivity contribution in [3.05, 3.63) is 36.5 Å². The van der Waals surface area contributed by atoms with Gasteiger partial charge in [-0.1, -0.05) is 6.92 Å². The first-order chi connectivity index (χ1) is 13.1. The Morgan fingerprint density at radius 1 is 1.19 bits per heavy atom. The van der Waals surface area contributed by atoms with E-state index >= 15 is 0 Å². The Morgan fingerprint density at radius 3 is 2.70 bits per heavy atom. The van der Waals surface area contributed by atoms with E-state index in [4.69, 9.17) is 0 Å². The Balaban J connectivity index is 1.47. The van der Waals surface area contributed by atoms with Gasteiger partial charge in [-0.05, 0) is 37.8 Å². The van der Waals surface area contributed by atoms with Crippen molar-refractivity contribution in [2.24, 2.45) is 5.41 Å². The molecule has 0 bridgehead atoms. The summed E-state index contributed by atoms with van der Waals surface area (Å²) in [6.07, 6.45) is 8.31. The van der Waals surface area contributed by atoms with Crippen LogP contribution in [0.1, 0.15) is 43.0 Å². The van der Waals surface area contributed by atoms with E-state index in [1.54, 1.807) is 35.6 Å². The van der Waals surface area contributed by atoms with Crippen LogP contribution >= 0.6 is 0 Å². The first kappa shape index (κ1) is 17.6. The van der Waals surface area contributed by atoms with Crippen molar-refractivity contribution in [1.82, 2.24) is 29.5 Å². The standard InChI is InChI=1S/C19H24N6O2/c1-2-8-23-9-3-6-19(18(23)27)7-10-24(12-19)17(26)15-4-5-16(20-11-15)25-13-21-22-14-25/h4-5,11,13-14H,2-3,6-10,12H2,1H3/t19-/m1/s1. The lowest BCUT2D eigenvalue weighted by Gasteiger charge is -2.39. The van der Waals surface area contributed by atoms with Gasteiger partial charge in [0.25, 0.3) is 5.91 Å². The van der Waals surface area contributed by atoms with Crippen LogP contribution in [0.4, 0.5) is 0 Å². The Kier molecular flexibility index (Phi) is 4.63. The highest BCUT2D eigenvalue weighted by molar-refractivity contribution is 5.95. The van der Waals surface area contributed by atoms with E-state index < -0.39 is 0 Å². The molecule has 142 valence electrons. The Hall–Kier alpha value is -2.77. The van der Waals surface area contributed by atoms with Crippen LogP contribution in [0.2, 0.25) is 0 Å². The highest BCUT2D eigenvalue weighted by Gasteiger charge is 2.49. The molecule has 0 saturated carbocycles. The molecule has 8 heteroatoms. The second-order valence-corrected chi connectivity index (χ2v) is 7.43. The summed E-state index contributed by atoms with van der Waals surface area (Å²) in [6, 6.07) is 3.54. The molecule has 2 aromatic rings. The number of aromatic nitrogens is 4. The summed E-state index contributed by atoms with van der Waals surface area (Å²) in [5.41, 5.74) is 0.149. The first-order valence-electron chi connectivity index (χ1n) is 9.53. The molecule has 0 aliphatic carbocycles. The Morgan fingerprint density at radius 2 is 2.00 bits per heavy atom. The van der Waals surface area contributed by atoms with Gasteiger partial charge in [-0.3, -0.25) is 14.2 Å². The molecule has 2 aromatic heterocycles. The van der Waals surface area contributed by atoms with Crippen LogP contribution in [-0.2, 0) is 4.79 Å². The largest absolute Gasteiger partial charge is 0.342 e. The molecule has 0 radical (unpaired) electrons. The van der Waals surface area contributed by atoms with Gasteiger partial charge in [0.2, 0.25) is 5.91 Å². The third-order valence-electron chi connectivity index (χ3n) is 5.64. The lowest BCUT2D eigenvalue weighted by atomic mass is 9.78. The van der Waals surface area contributed by atoms with Crippen molar-refractivity contribution in [3.8, 4) is 5.82 Å². The second-order valence-electron chi connectivity index (χ2n) is 7.43. The minimum absolute atomic E-state index is 0.0601. The first-order valence-corrected chi connectivity index (χ1v) is 9.53. The molecule has 0 unspecified atom stereocenters. The number of rotatable bonds is 4. The molecule has 8 nitrogen and oxygen atoms in total. The summed E-state index contributed by atoms with van der Waals surface area (Å²) in [5, 5.41) is 7.51. The van der Waals surface area contributed by atoms with E-state index in [9.17, 15) is 9.59 Å². The monoisotopic (exact) mass is 368 g/mol. The molecule has 27 heavy (non-hydrogen) atoms. The van der Waals surface area contributed by atoms with Gasteiger partial charge in [-0.15, -0.1) is 10.2 Å². The number of likely N-dealkylation sites (tertiary alicyclic amines) is 2. The molecule has 2 amide bonds. The SMILES string of the molecule is CCCN1CCC[C@]2(CCN(C(=O)c3ccc(-n4cnnc4)nc3)C2)C1=O. The van der Waals surface area contributed by atoms with Gasteiger partial charge in [-0.2, -0.15) is 0 Å². The molecular weight excluding hydrogens is 344 g/mol. The van der Waals surface area contributed by atoms with Gasteiger partial charge in [0.1, 0.15) is 18.5 Å². The van der Waals surface area contributed by atoms with Crippen molar-refractivity contribution >= 4 is 11.8 Å². The van der Waals surface area contributed by atoms with E-state index in [0.717, 1.165) is 38.8 Å². The average molecular weight is 368 g/mol. The van der Waals surface area contributed by atoms with Gasteiger partial charge < -0.3 is 9.80 Å². The minimum atomic E-state index is -0.390.